The minimum atomic E-state index is -3.67. The third-order valence-corrected chi connectivity index (χ3v) is 6.11. The first-order chi connectivity index (χ1) is 13.3. The van der Waals surface area contributed by atoms with Crippen molar-refractivity contribution in [1.29, 1.82) is 0 Å². The molecular weight excluding hydrogens is 382 g/mol. The van der Waals surface area contributed by atoms with E-state index < -0.39 is 16.0 Å². The molecule has 2 rings (SSSR count). The van der Waals surface area contributed by atoms with E-state index in [0.717, 1.165) is 5.56 Å². The Morgan fingerprint density at radius 1 is 1.00 bits per heavy atom. The fourth-order valence-corrected chi connectivity index (χ4v) is 3.77. The first-order valence-corrected chi connectivity index (χ1v) is 10.2. The molecule has 0 spiro atoms. The van der Waals surface area contributed by atoms with E-state index in [9.17, 15) is 13.2 Å². The van der Waals surface area contributed by atoms with Crippen molar-refractivity contribution < 1.29 is 27.4 Å². The molecule has 0 atom stereocenters. The van der Waals surface area contributed by atoms with Crippen LogP contribution in [0.1, 0.15) is 22.8 Å². The molecule has 7 nitrogen and oxygen atoms in total. The summed E-state index contributed by atoms with van der Waals surface area (Å²) in [4.78, 5) is 11.8. The van der Waals surface area contributed by atoms with E-state index in [-0.39, 0.29) is 18.0 Å². The van der Waals surface area contributed by atoms with Crippen LogP contribution in [0.5, 0.6) is 11.5 Å². The lowest BCUT2D eigenvalue weighted by molar-refractivity contribution is 0.0526. The number of ether oxygens (including phenoxy) is 3. The summed E-state index contributed by atoms with van der Waals surface area (Å²) >= 11 is 0. The van der Waals surface area contributed by atoms with Crippen molar-refractivity contribution in [3.8, 4) is 11.5 Å². The normalized spacial score (nSPS) is 11.3. The molecule has 0 N–H and O–H groups in total. The van der Waals surface area contributed by atoms with Crippen LogP contribution in [0, 0.1) is 0 Å². The Labute approximate surface area is 165 Å². The van der Waals surface area contributed by atoms with Gasteiger partial charge >= 0.3 is 5.97 Å². The number of carbonyl (C=O) groups excluding carboxylic acids is 1. The first-order valence-electron chi connectivity index (χ1n) is 8.78. The number of hydrogen-bond acceptors (Lipinski definition) is 6. The van der Waals surface area contributed by atoms with E-state index in [1.54, 1.807) is 27.2 Å². The molecule has 0 bridgehead atoms. The minimum absolute atomic E-state index is 0.121. The molecule has 28 heavy (non-hydrogen) atoms. The van der Waals surface area contributed by atoms with Crippen molar-refractivity contribution in [2.24, 2.45) is 0 Å². The Hall–Kier alpha value is -2.58. The molecule has 0 heterocycles. The third kappa shape index (κ3) is 5.02. The number of benzene rings is 2. The molecular formula is C20H25NO6S. The second-order valence-electron chi connectivity index (χ2n) is 6.01. The summed E-state index contributed by atoms with van der Waals surface area (Å²) in [7, 11) is 0.970. The topological polar surface area (TPSA) is 82.1 Å². The molecule has 8 heteroatoms. The van der Waals surface area contributed by atoms with Gasteiger partial charge in [0.05, 0.1) is 31.3 Å². The molecule has 0 aliphatic carbocycles. The molecule has 0 aliphatic heterocycles. The number of likely N-dealkylation sites (N-methyl/N-ethyl adjacent to an activating group) is 1. The summed E-state index contributed by atoms with van der Waals surface area (Å²) in [6.45, 7) is 2.26. The van der Waals surface area contributed by atoms with Gasteiger partial charge in [0.1, 0.15) is 0 Å². The zero-order valence-electron chi connectivity index (χ0n) is 16.5. The predicted octanol–water partition coefficient (Wildman–Crippen LogP) is 2.74. The number of esters is 1. The molecule has 0 radical (unpaired) electrons. The van der Waals surface area contributed by atoms with Crippen LogP contribution in [0.3, 0.4) is 0 Å². The van der Waals surface area contributed by atoms with Gasteiger partial charge in [-0.15, -0.1) is 0 Å². The second-order valence-corrected chi connectivity index (χ2v) is 8.06. The molecule has 2 aromatic rings. The maximum atomic E-state index is 12.7. The highest BCUT2D eigenvalue weighted by Gasteiger charge is 2.21. The van der Waals surface area contributed by atoms with Crippen molar-refractivity contribution >= 4 is 16.0 Å². The molecule has 0 aromatic heterocycles. The van der Waals surface area contributed by atoms with Crippen LogP contribution in [0.15, 0.2) is 47.4 Å². The Bertz CT molecular complexity index is 909. The van der Waals surface area contributed by atoms with Crippen LogP contribution < -0.4 is 9.47 Å². The summed E-state index contributed by atoms with van der Waals surface area (Å²) < 4.78 is 42.2. The van der Waals surface area contributed by atoms with Crippen molar-refractivity contribution in [1.82, 2.24) is 4.31 Å². The maximum absolute atomic E-state index is 12.7. The number of methoxy groups -OCH3 is 2. The van der Waals surface area contributed by atoms with Crippen molar-refractivity contribution in [3.63, 3.8) is 0 Å². The second kappa shape index (κ2) is 9.57. The average Bonchev–Trinajstić information content (AvgIpc) is 2.71. The highest BCUT2D eigenvalue weighted by Crippen LogP contribution is 2.28. The van der Waals surface area contributed by atoms with E-state index in [1.807, 2.05) is 12.1 Å². The summed E-state index contributed by atoms with van der Waals surface area (Å²) in [5, 5.41) is 0. The summed E-state index contributed by atoms with van der Waals surface area (Å²) in [6, 6.07) is 11.2. The van der Waals surface area contributed by atoms with Crippen LogP contribution in [0.4, 0.5) is 0 Å². The highest BCUT2D eigenvalue weighted by atomic mass is 32.2. The fourth-order valence-electron chi connectivity index (χ4n) is 2.60. The number of nitrogens with zero attached hydrogens (tertiary/aromatic N) is 1. The molecule has 0 saturated heterocycles. The lowest BCUT2D eigenvalue weighted by Crippen LogP contribution is -2.29. The smallest absolute Gasteiger partial charge is 0.338 e. The van der Waals surface area contributed by atoms with Gasteiger partial charge in [0.25, 0.3) is 0 Å². The lowest BCUT2D eigenvalue weighted by Gasteiger charge is -2.18. The molecule has 152 valence electrons. The summed E-state index contributed by atoms with van der Waals surface area (Å²) in [5.74, 6) is 0.738. The Morgan fingerprint density at radius 2 is 1.64 bits per heavy atom. The number of rotatable bonds is 9. The Balaban J connectivity index is 2.08. The zero-order chi connectivity index (χ0) is 20.7. The fraction of sp³-hybridized carbons (Fsp3) is 0.350. The van der Waals surface area contributed by atoms with Crippen LogP contribution >= 0.6 is 0 Å². The van der Waals surface area contributed by atoms with Crippen molar-refractivity contribution in [2.75, 3.05) is 34.4 Å². The number of sulfonamides is 1. The van der Waals surface area contributed by atoms with E-state index in [2.05, 4.69) is 0 Å². The van der Waals surface area contributed by atoms with Crippen LogP contribution in [0.2, 0.25) is 0 Å². The van der Waals surface area contributed by atoms with Gasteiger partial charge in [-0.2, -0.15) is 0 Å². The number of carbonyl (C=O) groups is 1. The van der Waals surface area contributed by atoms with Gasteiger partial charge in [-0.25, -0.2) is 17.5 Å². The van der Waals surface area contributed by atoms with Gasteiger partial charge in [-0.3, -0.25) is 0 Å². The Morgan fingerprint density at radius 3 is 2.21 bits per heavy atom. The van der Waals surface area contributed by atoms with Crippen LogP contribution in [0.25, 0.3) is 0 Å². The molecule has 0 aliphatic rings. The van der Waals surface area contributed by atoms with Crippen LogP contribution in [-0.4, -0.2) is 53.1 Å². The predicted molar refractivity (Wildman–Crippen MR) is 105 cm³/mol. The van der Waals surface area contributed by atoms with Gasteiger partial charge in [0.15, 0.2) is 11.5 Å². The van der Waals surface area contributed by atoms with Gasteiger partial charge < -0.3 is 14.2 Å². The van der Waals surface area contributed by atoms with Crippen molar-refractivity contribution in [2.45, 2.75) is 18.2 Å². The largest absolute Gasteiger partial charge is 0.493 e. The molecule has 0 amide bonds. The number of hydrogen-bond donors (Lipinski definition) is 0. The average molecular weight is 407 g/mol. The van der Waals surface area contributed by atoms with Crippen LogP contribution in [-0.2, 0) is 21.2 Å². The minimum Gasteiger partial charge on any atom is -0.493 e. The standard InChI is InChI=1S/C20H25NO6S/c1-5-27-20(22)16-7-9-17(10-8-16)28(23,24)21(2)13-12-15-6-11-18(25-3)19(14-15)26-4/h6-11,14H,5,12-13H2,1-4H3. The van der Waals surface area contributed by atoms with Gasteiger partial charge in [0.2, 0.25) is 10.0 Å². The van der Waals surface area contributed by atoms with Gasteiger partial charge in [-0.05, 0) is 55.3 Å². The first kappa shape index (κ1) is 21.7. The maximum Gasteiger partial charge on any atom is 0.338 e. The lowest BCUT2D eigenvalue weighted by atomic mass is 10.1. The van der Waals surface area contributed by atoms with E-state index >= 15 is 0 Å². The third-order valence-electron chi connectivity index (χ3n) is 4.24. The zero-order valence-corrected chi connectivity index (χ0v) is 17.3. The molecule has 0 unspecified atom stereocenters. The molecule has 0 saturated carbocycles. The Kier molecular flexibility index (Phi) is 7.42. The van der Waals surface area contributed by atoms with E-state index in [0.29, 0.717) is 23.5 Å². The highest BCUT2D eigenvalue weighted by molar-refractivity contribution is 7.89. The van der Waals surface area contributed by atoms with Gasteiger partial charge in [0, 0.05) is 13.6 Å². The quantitative estimate of drug-likeness (QED) is 0.595. The van der Waals surface area contributed by atoms with E-state index in [1.165, 1.54) is 35.6 Å². The summed E-state index contributed by atoms with van der Waals surface area (Å²) in [5.41, 5.74) is 1.24. The summed E-state index contributed by atoms with van der Waals surface area (Å²) in [6.07, 6.45) is 0.511. The SMILES string of the molecule is CCOC(=O)c1ccc(S(=O)(=O)N(C)CCc2ccc(OC)c(OC)c2)cc1. The monoisotopic (exact) mass is 407 g/mol. The van der Waals surface area contributed by atoms with Gasteiger partial charge in [-0.1, -0.05) is 6.07 Å². The van der Waals surface area contributed by atoms with E-state index in [4.69, 9.17) is 14.2 Å². The van der Waals surface area contributed by atoms with Crippen molar-refractivity contribution in [3.05, 3.63) is 53.6 Å². The molecule has 0 fully saturated rings. The molecule has 2 aromatic carbocycles.